The number of sulfonamides is 1. The van der Waals surface area contributed by atoms with Gasteiger partial charge in [-0.2, -0.15) is 5.10 Å². The van der Waals surface area contributed by atoms with Gasteiger partial charge in [0.25, 0.3) is 10.0 Å². The van der Waals surface area contributed by atoms with Gasteiger partial charge in [0.05, 0.1) is 23.5 Å². The summed E-state index contributed by atoms with van der Waals surface area (Å²) in [6.45, 7) is 0.804. The van der Waals surface area contributed by atoms with E-state index in [4.69, 9.17) is 23.2 Å². The maximum atomic E-state index is 12.4. The van der Waals surface area contributed by atoms with E-state index in [9.17, 15) is 13.2 Å². The number of rotatable bonds is 6. The van der Waals surface area contributed by atoms with Gasteiger partial charge in [0.15, 0.2) is 0 Å². The molecule has 2 aromatic heterocycles. The molecule has 0 atom stereocenters. The van der Waals surface area contributed by atoms with Gasteiger partial charge < -0.3 is 5.32 Å². The van der Waals surface area contributed by atoms with Crippen LogP contribution in [0.4, 0.5) is 4.79 Å². The highest BCUT2D eigenvalue weighted by Crippen LogP contribution is 2.34. The van der Waals surface area contributed by atoms with E-state index >= 15 is 0 Å². The molecule has 0 spiro atoms. The third-order valence-corrected chi connectivity index (χ3v) is 9.65. The van der Waals surface area contributed by atoms with Gasteiger partial charge >= 0.3 is 6.03 Å². The second-order valence-corrected chi connectivity index (χ2v) is 12.4. The van der Waals surface area contributed by atoms with Gasteiger partial charge in [-0.05, 0) is 58.9 Å². The van der Waals surface area contributed by atoms with Crippen molar-refractivity contribution in [2.45, 2.75) is 30.0 Å². The summed E-state index contributed by atoms with van der Waals surface area (Å²) in [5.74, 6) is 0. The van der Waals surface area contributed by atoms with E-state index in [1.165, 1.54) is 22.4 Å². The molecule has 1 aliphatic carbocycles. The normalized spacial score (nSPS) is 14.7. The largest absolute Gasteiger partial charge is 0.334 e. The van der Waals surface area contributed by atoms with Gasteiger partial charge in [-0.15, -0.1) is 11.3 Å². The average molecular weight is 562 g/mol. The van der Waals surface area contributed by atoms with Crippen LogP contribution >= 0.6 is 34.5 Å². The Balaban J connectivity index is 1.28. The zero-order chi connectivity index (χ0) is 25.3. The number of carbonyl (C=O) groups excluding carboxylic acids is 1. The third-order valence-electron chi connectivity index (χ3n) is 5.98. The Morgan fingerprint density at radius 2 is 1.92 bits per heavy atom. The van der Waals surface area contributed by atoms with Crippen molar-refractivity contribution in [3.8, 4) is 0 Å². The number of halogens is 2. The van der Waals surface area contributed by atoms with Gasteiger partial charge in [-0.25, -0.2) is 17.9 Å². The molecule has 11 heteroatoms. The number of amides is 2. The minimum atomic E-state index is -4.06. The molecule has 1 aliphatic rings. The first kappa shape index (κ1) is 24.8. The van der Waals surface area contributed by atoms with Gasteiger partial charge in [-0.1, -0.05) is 65.7 Å². The van der Waals surface area contributed by atoms with Crippen LogP contribution in [0.5, 0.6) is 0 Å². The zero-order valence-corrected chi connectivity index (χ0v) is 22.1. The summed E-state index contributed by atoms with van der Waals surface area (Å²) in [7, 11) is -4.06. The fourth-order valence-corrected chi connectivity index (χ4v) is 7.14. The Hall–Kier alpha value is -2.85. The molecule has 0 fully saturated rings. The lowest BCUT2D eigenvalue weighted by Crippen LogP contribution is -2.39. The number of nitrogens with one attached hydrogen (secondary N) is 2. The van der Waals surface area contributed by atoms with Crippen molar-refractivity contribution in [1.82, 2.24) is 19.8 Å². The van der Waals surface area contributed by atoms with Crippen LogP contribution in [0.3, 0.4) is 0 Å². The summed E-state index contributed by atoms with van der Waals surface area (Å²) in [5, 5.41) is 9.73. The molecule has 2 N–H and O–H groups in total. The molecular formula is C25H22Cl2N4O3S2. The third kappa shape index (κ3) is 5.29. The predicted octanol–water partition coefficient (Wildman–Crippen LogP) is 5.86. The maximum absolute atomic E-state index is 12.4. The average Bonchev–Trinajstić information content (AvgIpc) is 3.42. The summed E-state index contributed by atoms with van der Waals surface area (Å²) in [5.41, 5.74) is 4.47. The first-order chi connectivity index (χ1) is 17.3. The lowest BCUT2D eigenvalue weighted by molar-refractivity contribution is 0.247. The molecule has 5 rings (SSSR count). The number of allylic oxidation sites excluding steroid dienone is 1. The minimum Gasteiger partial charge on any atom is -0.334 e. The quantitative estimate of drug-likeness (QED) is 0.309. The first-order valence-corrected chi connectivity index (χ1v) is 14.3. The van der Waals surface area contributed by atoms with E-state index in [0.717, 1.165) is 47.4 Å². The second-order valence-electron chi connectivity index (χ2n) is 8.44. The van der Waals surface area contributed by atoms with E-state index < -0.39 is 16.1 Å². The number of nitrogens with zero attached hydrogens (tertiary/aromatic N) is 2. The highest BCUT2D eigenvalue weighted by atomic mass is 35.5. The number of benzene rings is 2. The van der Waals surface area contributed by atoms with Crippen LogP contribution in [0.25, 0.3) is 16.3 Å². The SMILES string of the molecule is O=C(NC/C=C1\CCCc2cnn(Cc3ccc4ccccc4c3)c21)NS(=O)(=O)c1cc(Cl)c(Cl)s1. The van der Waals surface area contributed by atoms with Crippen LogP contribution < -0.4 is 10.0 Å². The smallest absolute Gasteiger partial charge is 0.328 e. The van der Waals surface area contributed by atoms with Gasteiger partial charge in [-0.3, -0.25) is 4.68 Å². The van der Waals surface area contributed by atoms with Crippen molar-refractivity contribution >= 4 is 66.9 Å². The highest BCUT2D eigenvalue weighted by molar-refractivity contribution is 7.92. The minimum absolute atomic E-state index is 0.125. The first-order valence-electron chi connectivity index (χ1n) is 11.3. The Kier molecular flexibility index (Phi) is 7.07. The van der Waals surface area contributed by atoms with Gasteiger partial charge in [0.2, 0.25) is 0 Å². The van der Waals surface area contributed by atoms with Gasteiger partial charge in [0.1, 0.15) is 8.55 Å². The van der Waals surface area contributed by atoms with Gasteiger partial charge in [0, 0.05) is 6.54 Å². The number of aromatic nitrogens is 2. The van der Waals surface area contributed by atoms with Crippen molar-refractivity contribution in [1.29, 1.82) is 0 Å². The number of hydrogen-bond acceptors (Lipinski definition) is 5. The molecule has 7 nitrogen and oxygen atoms in total. The summed E-state index contributed by atoms with van der Waals surface area (Å²) >= 11 is 12.5. The molecule has 0 saturated heterocycles. The molecule has 2 heterocycles. The van der Waals surface area contributed by atoms with Crippen molar-refractivity contribution in [3.63, 3.8) is 0 Å². The Morgan fingerprint density at radius 3 is 2.69 bits per heavy atom. The van der Waals surface area contributed by atoms with Crippen molar-refractivity contribution in [2.75, 3.05) is 6.54 Å². The van der Waals surface area contributed by atoms with E-state index in [1.807, 2.05) is 33.8 Å². The van der Waals surface area contributed by atoms with E-state index in [2.05, 4.69) is 40.7 Å². The fraction of sp³-hybridized carbons (Fsp3) is 0.200. The molecule has 0 aliphatic heterocycles. The number of thiophene rings is 1. The Morgan fingerprint density at radius 1 is 1.11 bits per heavy atom. The lowest BCUT2D eigenvalue weighted by Gasteiger charge is -2.18. The Labute approximate surface area is 222 Å². The Bertz CT molecular complexity index is 1570. The molecule has 186 valence electrons. The maximum Gasteiger partial charge on any atom is 0.328 e. The van der Waals surface area contributed by atoms with Crippen LogP contribution in [0.1, 0.15) is 29.7 Å². The number of fused-ring (bicyclic) bond motifs is 2. The van der Waals surface area contributed by atoms with E-state index in [1.54, 1.807) is 0 Å². The van der Waals surface area contributed by atoms with Crippen LogP contribution in [-0.4, -0.2) is 30.8 Å². The molecule has 4 aromatic rings. The summed E-state index contributed by atoms with van der Waals surface area (Å²) in [4.78, 5) is 12.3. The number of hydrogen-bond donors (Lipinski definition) is 2. The molecule has 0 saturated carbocycles. The summed E-state index contributed by atoms with van der Waals surface area (Å²) < 4.78 is 28.8. The molecule has 2 aromatic carbocycles. The lowest BCUT2D eigenvalue weighted by atomic mass is 9.92. The topological polar surface area (TPSA) is 93.1 Å². The van der Waals surface area contributed by atoms with Crippen LogP contribution in [0.2, 0.25) is 9.36 Å². The van der Waals surface area contributed by atoms with E-state index in [0.29, 0.717) is 6.54 Å². The van der Waals surface area contributed by atoms with E-state index in [-0.39, 0.29) is 20.1 Å². The number of urea groups is 1. The fourth-order valence-electron chi connectivity index (χ4n) is 4.33. The van der Waals surface area contributed by atoms with Crippen LogP contribution in [0, 0.1) is 0 Å². The molecule has 36 heavy (non-hydrogen) atoms. The molecule has 2 amide bonds. The predicted molar refractivity (Wildman–Crippen MR) is 144 cm³/mol. The van der Waals surface area contributed by atoms with Crippen LogP contribution in [-0.2, 0) is 23.0 Å². The zero-order valence-electron chi connectivity index (χ0n) is 19.0. The monoisotopic (exact) mass is 560 g/mol. The standard InChI is InChI=1S/C25H22Cl2N4O3S2/c26-21-13-22(35-24(21)27)36(33,34)30-25(32)28-11-10-18-6-3-7-20-14-29-31(23(18)20)15-16-8-9-17-4-1-2-5-19(17)12-16/h1-2,4-5,8-10,12-14H,3,6-7,11,15H2,(H2,28,30,32)/b18-10+. The van der Waals surface area contributed by atoms with Crippen LogP contribution in [0.15, 0.2) is 65.0 Å². The summed E-state index contributed by atoms with van der Waals surface area (Å²) in [6.07, 6.45) is 6.61. The van der Waals surface area contributed by atoms with Crippen molar-refractivity contribution < 1.29 is 13.2 Å². The number of carbonyl (C=O) groups is 1. The highest BCUT2D eigenvalue weighted by Gasteiger charge is 2.22. The molecule has 0 unspecified atom stereocenters. The number of aryl methyl sites for hydroxylation is 1. The van der Waals surface area contributed by atoms with Crippen molar-refractivity contribution in [2.24, 2.45) is 0 Å². The molecule has 0 bridgehead atoms. The summed E-state index contributed by atoms with van der Waals surface area (Å²) in [6, 6.07) is 15.0. The second kappa shape index (κ2) is 10.3. The van der Waals surface area contributed by atoms with Crippen molar-refractivity contribution in [3.05, 3.63) is 87.0 Å². The molecular weight excluding hydrogens is 539 g/mol. The molecule has 0 radical (unpaired) electrons.